The second kappa shape index (κ2) is 9.02. The monoisotopic (exact) mass is 504 g/mol. The molecule has 4 rings (SSSR count). The van der Waals surface area contributed by atoms with Crippen molar-refractivity contribution in [3.63, 3.8) is 0 Å². The minimum absolute atomic E-state index is 0.145. The standard InChI is InChI=1S/C23H22Cl2N4O3S/c1-13-8-14(2)21(15(3)9-13)33(31,32)29-7-6-20-17(12-29)11-26-23(27-20)28-22(30)16-4-5-18(24)19(25)10-16/h4-5,8-11H,6-7,12H2,1-3H3,(H,26,27,28,30). The number of aromatic nitrogens is 2. The van der Waals surface area contributed by atoms with Crippen molar-refractivity contribution in [2.24, 2.45) is 0 Å². The first-order valence-electron chi connectivity index (χ1n) is 10.3. The van der Waals surface area contributed by atoms with E-state index >= 15 is 0 Å². The maximum atomic E-state index is 13.4. The van der Waals surface area contributed by atoms with Crippen molar-refractivity contribution < 1.29 is 13.2 Å². The molecule has 10 heteroatoms. The normalized spacial score (nSPS) is 14.1. The predicted octanol–water partition coefficient (Wildman–Crippen LogP) is 4.71. The third kappa shape index (κ3) is 4.75. The van der Waals surface area contributed by atoms with Crippen LogP contribution in [0.5, 0.6) is 0 Å². The summed E-state index contributed by atoms with van der Waals surface area (Å²) in [5.74, 6) is -0.273. The lowest BCUT2D eigenvalue weighted by Crippen LogP contribution is -2.37. The Morgan fingerprint density at radius 2 is 1.76 bits per heavy atom. The Hall–Kier alpha value is -2.52. The highest BCUT2D eigenvalue weighted by Gasteiger charge is 2.31. The topological polar surface area (TPSA) is 92.3 Å². The molecule has 0 saturated heterocycles. The molecule has 0 saturated carbocycles. The summed E-state index contributed by atoms with van der Waals surface area (Å²) in [7, 11) is -3.67. The predicted molar refractivity (Wildman–Crippen MR) is 128 cm³/mol. The highest BCUT2D eigenvalue weighted by atomic mass is 35.5. The average molecular weight is 505 g/mol. The minimum Gasteiger partial charge on any atom is -0.290 e. The number of benzene rings is 2. The quantitative estimate of drug-likeness (QED) is 0.555. The Labute approximate surface area is 202 Å². The number of fused-ring (bicyclic) bond motifs is 1. The number of nitrogens with one attached hydrogen (secondary N) is 1. The van der Waals surface area contributed by atoms with Crippen molar-refractivity contribution in [3.8, 4) is 0 Å². The summed E-state index contributed by atoms with van der Waals surface area (Å²) in [6, 6.07) is 8.32. The number of aryl methyl sites for hydroxylation is 3. The average Bonchev–Trinajstić information content (AvgIpc) is 2.74. The van der Waals surface area contributed by atoms with Gasteiger partial charge in [-0.2, -0.15) is 4.31 Å². The summed E-state index contributed by atoms with van der Waals surface area (Å²) < 4.78 is 28.2. The second-order valence-corrected chi connectivity index (χ2v) is 10.8. The van der Waals surface area contributed by atoms with Gasteiger partial charge in [0.25, 0.3) is 5.91 Å². The number of rotatable bonds is 4. The Kier molecular flexibility index (Phi) is 6.46. The van der Waals surface area contributed by atoms with E-state index < -0.39 is 15.9 Å². The van der Waals surface area contributed by atoms with Crippen LogP contribution in [0.15, 0.2) is 41.4 Å². The highest BCUT2D eigenvalue weighted by molar-refractivity contribution is 7.89. The van der Waals surface area contributed by atoms with Crippen molar-refractivity contribution in [2.45, 2.75) is 38.6 Å². The molecule has 1 aliphatic rings. The molecule has 0 bridgehead atoms. The lowest BCUT2D eigenvalue weighted by molar-refractivity contribution is 0.102. The molecule has 2 aromatic carbocycles. The number of halogens is 2. The van der Waals surface area contributed by atoms with Crippen molar-refractivity contribution in [1.82, 2.24) is 14.3 Å². The van der Waals surface area contributed by atoms with Gasteiger partial charge in [-0.1, -0.05) is 40.9 Å². The van der Waals surface area contributed by atoms with Crippen molar-refractivity contribution >= 4 is 45.1 Å². The van der Waals surface area contributed by atoms with Gasteiger partial charge in [0.1, 0.15) is 0 Å². The first-order chi connectivity index (χ1) is 15.6. The number of hydrogen-bond donors (Lipinski definition) is 1. The van der Waals surface area contributed by atoms with Gasteiger partial charge in [-0.05, 0) is 50.1 Å². The zero-order valence-electron chi connectivity index (χ0n) is 18.3. The number of sulfonamides is 1. The van der Waals surface area contributed by atoms with Gasteiger partial charge in [-0.3, -0.25) is 10.1 Å². The summed E-state index contributed by atoms with van der Waals surface area (Å²) >= 11 is 11.9. The molecular weight excluding hydrogens is 483 g/mol. The van der Waals surface area contributed by atoms with Gasteiger partial charge in [0, 0.05) is 36.8 Å². The van der Waals surface area contributed by atoms with E-state index in [1.165, 1.54) is 10.4 Å². The molecule has 1 aromatic heterocycles. The Morgan fingerprint density at radius 1 is 1.06 bits per heavy atom. The minimum atomic E-state index is -3.67. The zero-order chi connectivity index (χ0) is 23.9. The Balaban J connectivity index is 1.54. The number of amides is 1. The molecule has 1 aliphatic heterocycles. The Morgan fingerprint density at radius 3 is 2.42 bits per heavy atom. The van der Waals surface area contributed by atoms with E-state index in [0.29, 0.717) is 39.7 Å². The zero-order valence-corrected chi connectivity index (χ0v) is 20.6. The van der Waals surface area contributed by atoms with Crippen molar-refractivity contribution in [1.29, 1.82) is 0 Å². The molecule has 0 atom stereocenters. The van der Waals surface area contributed by atoms with E-state index in [-0.39, 0.29) is 17.5 Å². The van der Waals surface area contributed by atoms with E-state index in [2.05, 4.69) is 15.3 Å². The molecule has 0 unspecified atom stereocenters. The SMILES string of the molecule is Cc1cc(C)c(S(=O)(=O)N2CCc3nc(NC(=O)c4ccc(Cl)c(Cl)c4)ncc3C2)c(C)c1. The number of anilines is 1. The van der Waals surface area contributed by atoms with Crippen molar-refractivity contribution in [2.75, 3.05) is 11.9 Å². The van der Waals surface area contributed by atoms with Gasteiger partial charge in [-0.25, -0.2) is 18.4 Å². The summed E-state index contributed by atoms with van der Waals surface area (Å²) in [5, 5.41) is 3.28. The van der Waals surface area contributed by atoms with E-state index in [1.54, 1.807) is 18.3 Å². The summed E-state index contributed by atoms with van der Waals surface area (Å²) in [4.78, 5) is 21.5. The van der Waals surface area contributed by atoms with Crippen LogP contribution in [0.3, 0.4) is 0 Å². The van der Waals surface area contributed by atoms with E-state index in [1.807, 2.05) is 32.9 Å². The molecule has 1 N–H and O–H groups in total. The van der Waals surface area contributed by atoms with Crippen LogP contribution >= 0.6 is 23.2 Å². The van der Waals surface area contributed by atoms with Gasteiger partial charge in [0.05, 0.1) is 20.6 Å². The lowest BCUT2D eigenvalue weighted by atomic mass is 10.1. The first kappa shape index (κ1) is 23.6. The highest BCUT2D eigenvalue weighted by Crippen LogP contribution is 2.29. The van der Waals surface area contributed by atoms with Crippen LogP contribution < -0.4 is 5.32 Å². The fourth-order valence-electron chi connectivity index (χ4n) is 4.07. The number of nitrogens with zero attached hydrogens (tertiary/aromatic N) is 3. The molecule has 172 valence electrons. The molecule has 7 nitrogen and oxygen atoms in total. The first-order valence-corrected chi connectivity index (χ1v) is 12.4. The molecular formula is C23H22Cl2N4O3S. The van der Waals surface area contributed by atoms with Crippen LogP contribution in [0.1, 0.15) is 38.3 Å². The number of hydrogen-bond acceptors (Lipinski definition) is 5. The van der Waals surface area contributed by atoms with Crippen LogP contribution in [0.2, 0.25) is 10.0 Å². The third-order valence-corrected chi connectivity index (χ3v) is 8.40. The second-order valence-electron chi connectivity index (χ2n) is 8.06. The van der Waals surface area contributed by atoms with E-state index in [4.69, 9.17) is 23.2 Å². The van der Waals surface area contributed by atoms with Gasteiger partial charge in [0.15, 0.2) is 0 Å². The fraction of sp³-hybridized carbons (Fsp3) is 0.261. The molecule has 0 fully saturated rings. The van der Waals surface area contributed by atoms with Crippen LogP contribution in [0.25, 0.3) is 0 Å². The van der Waals surface area contributed by atoms with E-state index in [0.717, 1.165) is 16.7 Å². The van der Waals surface area contributed by atoms with Crippen LogP contribution in [0, 0.1) is 20.8 Å². The molecule has 0 aliphatic carbocycles. The molecule has 2 heterocycles. The van der Waals surface area contributed by atoms with Crippen LogP contribution in [-0.2, 0) is 23.0 Å². The molecule has 1 amide bonds. The molecule has 0 radical (unpaired) electrons. The number of carbonyl (C=O) groups is 1. The lowest BCUT2D eigenvalue weighted by Gasteiger charge is -2.28. The summed E-state index contributed by atoms with van der Waals surface area (Å²) in [6.45, 7) is 6.04. The largest absolute Gasteiger partial charge is 0.290 e. The van der Waals surface area contributed by atoms with Gasteiger partial charge in [-0.15, -0.1) is 0 Å². The van der Waals surface area contributed by atoms with Crippen LogP contribution in [0.4, 0.5) is 5.95 Å². The van der Waals surface area contributed by atoms with E-state index in [9.17, 15) is 13.2 Å². The van der Waals surface area contributed by atoms with Crippen molar-refractivity contribution in [3.05, 3.63) is 80.1 Å². The van der Waals surface area contributed by atoms with Crippen LogP contribution in [-0.4, -0.2) is 35.1 Å². The molecule has 0 spiro atoms. The maximum Gasteiger partial charge on any atom is 0.258 e. The van der Waals surface area contributed by atoms with Gasteiger partial charge < -0.3 is 0 Å². The molecule has 3 aromatic rings. The molecule has 33 heavy (non-hydrogen) atoms. The number of carbonyl (C=O) groups excluding carboxylic acids is 1. The smallest absolute Gasteiger partial charge is 0.258 e. The maximum absolute atomic E-state index is 13.4. The summed E-state index contributed by atoms with van der Waals surface area (Å²) in [5.41, 5.74) is 4.23. The third-order valence-electron chi connectivity index (χ3n) is 5.51. The Bertz CT molecular complexity index is 1350. The summed E-state index contributed by atoms with van der Waals surface area (Å²) in [6.07, 6.45) is 1.97. The van der Waals surface area contributed by atoms with Gasteiger partial charge in [0.2, 0.25) is 16.0 Å². The van der Waals surface area contributed by atoms with Gasteiger partial charge >= 0.3 is 0 Å². The fourth-order valence-corrected chi connectivity index (χ4v) is 6.20.